The molecule has 3 heteroatoms. The lowest BCUT2D eigenvalue weighted by Crippen LogP contribution is -2.41. The second-order valence-electron chi connectivity index (χ2n) is 5.45. The standard InChI is InChI=1S/C16H20N2O/c1-16(2,11-17)15(19)18-10-12-7-8-13-5-3-4-6-14(13)9-12/h3-9H,10-11,17H2,1-2H3,(H,18,19). The molecule has 0 radical (unpaired) electrons. The minimum atomic E-state index is -0.517. The quantitative estimate of drug-likeness (QED) is 0.882. The summed E-state index contributed by atoms with van der Waals surface area (Å²) in [4.78, 5) is 11.9. The number of carbonyl (C=O) groups excluding carboxylic acids is 1. The molecule has 3 N–H and O–H groups in total. The molecule has 0 spiro atoms. The first kappa shape index (κ1) is 13.6. The lowest BCUT2D eigenvalue weighted by molar-refractivity contribution is -0.129. The second-order valence-corrected chi connectivity index (χ2v) is 5.45. The van der Waals surface area contributed by atoms with Crippen LogP contribution in [0.2, 0.25) is 0 Å². The third-order valence-electron chi connectivity index (χ3n) is 3.39. The Bertz CT molecular complexity index is 590. The molecule has 3 nitrogen and oxygen atoms in total. The highest BCUT2D eigenvalue weighted by Gasteiger charge is 2.25. The van der Waals surface area contributed by atoms with E-state index in [-0.39, 0.29) is 5.91 Å². The van der Waals surface area contributed by atoms with Gasteiger partial charge in [0.05, 0.1) is 5.41 Å². The number of carbonyl (C=O) groups is 1. The summed E-state index contributed by atoms with van der Waals surface area (Å²) >= 11 is 0. The fraction of sp³-hybridized carbons (Fsp3) is 0.312. The average molecular weight is 256 g/mol. The van der Waals surface area contributed by atoms with Crippen molar-refractivity contribution in [1.29, 1.82) is 0 Å². The van der Waals surface area contributed by atoms with E-state index in [0.29, 0.717) is 13.1 Å². The zero-order chi connectivity index (χ0) is 13.9. The van der Waals surface area contributed by atoms with Crippen LogP contribution in [0.25, 0.3) is 10.8 Å². The van der Waals surface area contributed by atoms with Crippen LogP contribution >= 0.6 is 0 Å². The first-order valence-electron chi connectivity index (χ1n) is 6.49. The van der Waals surface area contributed by atoms with Crippen molar-refractivity contribution < 1.29 is 4.79 Å². The second kappa shape index (κ2) is 5.41. The minimum absolute atomic E-state index is 0.0110. The van der Waals surface area contributed by atoms with Crippen LogP contribution in [0.4, 0.5) is 0 Å². The molecule has 0 unspecified atom stereocenters. The molecule has 100 valence electrons. The van der Waals surface area contributed by atoms with Crippen molar-refractivity contribution >= 4 is 16.7 Å². The van der Waals surface area contributed by atoms with Crippen molar-refractivity contribution in [2.75, 3.05) is 6.54 Å². The van der Waals surface area contributed by atoms with Gasteiger partial charge in [-0.15, -0.1) is 0 Å². The molecule has 0 aliphatic carbocycles. The van der Waals surface area contributed by atoms with Gasteiger partial charge in [0.15, 0.2) is 0 Å². The molecule has 0 saturated heterocycles. The SMILES string of the molecule is CC(C)(CN)C(=O)NCc1ccc2ccccc2c1. The largest absolute Gasteiger partial charge is 0.352 e. The Morgan fingerprint density at radius 3 is 2.53 bits per heavy atom. The number of nitrogens with two attached hydrogens (primary N) is 1. The zero-order valence-corrected chi connectivity index (χ0v) is 11.4. The Kier molecular flexibility index (Phi) is 3.86. The maximum Gasteiger partial charge on any atom is 0.227 e. The van der Waals surface area contributed by atoms with Crippen LogP contribution in [0.1, 0.15) is 19.4 Å². The van der Waals surface area contributed by atoms with E-state index in [1.165, 1.54) is 10.8 Å². The van der Waals surface area contributed by atoms with Gasteiger partial charge in [0.25, 0.3) is 0 Å². The van der Waals surface area contributed by atoms with Gasteiger partial charge in [-0.3, -0.25) is 4.79 Å². The molecule has 2 rings (SSSR count). The number of hydrogen-bond donors (Lipinski definition) is 2. The number of fused-ring (bicyclic) bond motifs is 1. The van der Waals surface area contributed by atoms with Gasteiger partial charge < -0.3 is 11.1 Å². The number of amides is 1. The van der Waals surface area contributed by atoms with E-state index in [0.717, 1.165) is 5.56 Å². The van der Waals surface area contributed by atoms with E-state index in [9.17, 15) is 4.79 Å². The van der Waals surface area contributed by atoms with E-state index in [1.54, 1.807) is 0 Å². The summed E-state index contributed by atoms with van der Waals surface area (Å²) in [5.74, 6) is -0.0110. The smallest absolute Gasteiger partial charge is 0.227 e. The van der Waals surface area contributed by atoms with Crippen LogP contribution in [-0.4, -0.2) is 12.5 Å². The molecule has 0 saturated carbocycles. The van der Waals surface area contributed by atoms with Gasteiger partial charge in [0.2, 0.25) is 5.91 Å². The summed E-state index contributed by atoms with van der Waals surface area (Å²) in [6.07, 6.45) is 0. The van der Waals surface area contributed by atoms with Crippen molar-refractivity contribution in [3.05, 3.63) is 48.0 Å². The average Bonchev–Trinajstić information content (AvgIpc) is 2.44. The molecule has 0 aliphatic rings. The highest BCUT2D eigenvalue weighted by atomic mass is 16.2. The number of hydrogen-bond acceptors (Lipinski definition) is 2. The molecule has 0 heterocycles. The van der Waals surface area contributed by atoms with Gasteiger partial charge in [-0.1, -0.05) is 36.4 Å². The van der Waals surface area contributed by atoms with Gasteiger partial charge in [-0.05, 0) is 36.2 Å². The Hall–Kier alpha value is -1.87. The van der Waals surface area contributed by atoms with Gasteiger partial charge in [0, 0.05) is 13.1 Å². The molecule has 2 aromatic carbocycles. The molecule has 2 aromatic rings. The fourth-order valence-electron chi connectivity index (χ4n) is 1.86. The third-order valence-corrected chi connectivity index (χ3v) is 3.39. The molecular weight excluding hydrogens is 236 g/mol. The Balaban J connectivity index is 2.08. The summed E-state index contributed by atoms with van der Waals surface area (Å²) in [7, 11) is 0. The van der Waals surface area contributed by atoms with E-state index in [4.69, 9.17) is 5.73 Å². The van der Waals surface area contributed by atoms with Crippen molar-refractivity contribution in [1.82, 2.24) is 5.32 Å². The Morgan fingerprint density at radius 1 is 1.16 bits per heavy atom. The summed E-state index contributed by atoms with van der Waals surface area (Å²) in [5, 5.41) is 5.33. The summed E-state index contributed by atoms with van der Waals surface area (Å²) in [5.41, 5.74) is 6.17. The zero-order valence-electron chi connectivity index (χ0n) is 11.4. The van der Waals surface area contributed by atoms with Crippen LogP contribution in [-0.2, 0) is 11.3 Å². The highest BCUT2D eigenvalue weighted by molar-refractivity contribution is 5.84. The number of rotatable bonds is 4. The normalized spacial score (nSPS) is 11.5. The first-order valence-corrected chi connectivity index (χ1v) is 6.49. The van der Waals surface area contributed by atoms with Crippen LogP contribution in [0, 0.1) is 5.41 Å². The van der Waals surface area contributed by atoms with Crippen LogP contribution in [0.5, 0.6) is 0 Å². The van der Waals surface area contributed by atoms with E-state index in [1.807, 2.05) is 32.0 Å². The van der Waals surface area contributed by atoms with Gasteiger partial charge in [-0.2, -0.15) is 0 Å². The molecule has 0 bridgehead atoms. The highest BCUT2D eigenvalue weighted by Crippen LogP contribution is 2.16. The molecule has 0 aromatic heterocycles. The summed E-state index contributed by atoms with van der Waals surface area (Å²) < 4.78 is 0. The third kappa shape index (κ3) is 3.12. The predicted octanol–water partition coefficient (Wildman–Crippen LogP) is 2.44. The molecule has 0 aliphatic heterocycles. The van der Waals surface area contributed by atoms with E-state index in [2.05, 4.69) is 29.6 Å². The van der Waals surface area contributed by atoms with E-state index >= 15 is 0 Å². The maximum absolute atomic E-state index is 11.9. The van der Waals surface area contributed by atoms with Gasteiger partial charge >= 0.3 is 0 Å². The minimum Gasteiger partial charge on any atom is -0.352 e. The van der Waals surface area contributed by atoms with Crippen molar-refractivity contribution in [2.24, 2.45) is 11.1 Å². The Labute approximate surface area is 113 Å². The number of benzene rings is 2. The maximum atomic E-state index is 11.9. The first-order chi connectivity index (χ1) is 9.03. The van der Waals surface area contributed by atoms with E-state index < -0.39 is 5.41 Å². The van der Waals surface area contributed by atoms with Crippen LogP contribution in [0.15, 0.2) is 42.5 Å². The number of nitrogens with one attached hydrogen (secondary N) is 1. The van der Waals surface area contributed by atoms with Crippen molar-refractivity contribution in [3.63, 3.8) is 0 Å². The molecule has 1 amide bonds. The summed E-state index contributed by atoms with van der Waals surface area (Å²) in [6.45, 7) is 4.58. The molecule has 19 heavy (non-hydrogen) atoms. The van der Waals surface area contributed by atoms with Gasteiger partial charge in [0.1, 0.15) is 0 Å². The van der Waals surface area contributed by atoms with Crippen LogP contribution < -0.4 is 11.1 Å². The predicted molar refractivity (Wildman–Crippen MR) is 78.6 cm³/mol. The fourth-order valence-corrected chi connectivity index (χ4v) is 1.86. The lowest BCUT2D eigenvalue weighted by atomic mass is 9.92. The molecule has 0 fully saturated rings. The molecule has 0 atom stereocenters. The monoisotopic (exact) mass is 256 g/mol. The topological polar surface area (TPSA) is 55.1 Å². The van der Waals surface area contributed by atoms with Crippen LogP contribution in [0.3, 0.4) is 0 Å². The van der Waals surface area contributed by atoms with Crippen molar-refractivity contribution in [2.45, 2.75) is 20.4 Å². The Morgan fingerprint density at radius 2 is 1.84 bits per heavy atom. The van der Waals surface area contributed by atoms with Crippen molar-refractivity contribution in [3.8, 4) is 0 Å². The van der Waals surface area contributed by atoms with Gasteiger partial charge in [-0.25, -0.2) is 0 Å². The molecular formula is C16H20N2O. The summed E-state index contributed by atoms with van der Waals surface area (Å²) in [6, 6.07) is 14.4. The lowest BCUT2D eigenvalue weighted by Gasteiger charge is -2.21.